The Morgan fingerprint density at radius 2 is 1.25 bits per heavy atom. The number of ether oxygens (including phenoxy) is 2. The molecule has 2 saturated heterocycles. The lowest BCUT2D eigenvalue weighted by Crippen LogP contribution is -2.52. The molecule has 3 aliphatic rings. The Morgan fingerprint density at radius 1 is 0.750 bits per heavy atom. The summed E-state index contributed by atoms with van der Waals surface area (Å²) in [6.45, 7) is 7.21. The van der Waals surface area contributed by atoms with Crippen molar-refractivity contribution in [1.29, 1.82) is 0 Å². The van der Waals surface area contributed by atoms with Gasteiger partial charge in [-0.15, -0.1) is 0 Å². The topological polar surface area (TPSA) is 37.3 Å². The molecule has 114 valence electrons. The van der Waals surface area contributed by atoms with Crippen molar-refractivity contribution in [2.75, 3.05) is 52.6 Å². The number of hydrogen-bond acceptors (Lipinski definition) is 3. The van der Waals surface area contributed by atoms with E-state index in [1.165, 1.54) is 38.1 Å². The van der Waals surface area contributed by atoms with Gasteiger partial charge in [-0.05, 0) is 12.8 Å². The van der Waals surface area contributed by atoms with E-state index in [4.69, 9.17) is 14.5 Å². The average Bonchev–Trinajstić information content (AvgIpc) is 2.55. The summed E-state index contributed by atoms with van der Waals surface area (Å²) in [7, 11) is 0. The van der Waals surface area contributed by atoms with Gasteiger partial charge in [-0.25, -0.2) is 4.99 Å². The highest BCUT2D eigenvalue weighted by molar-refractivity contribution is 5.80. The molecule has 0 spiro atoms. The lowest BCUT2D eigenvalue weighted by atomic mass is 9.96. The highest BCUT2D eigenvalue weighted by Crippen LogP contribution is 2.21. The molecule has 3 rings (SSSR count). The molecule has 20 heavy (non-hydrogen) atoms. The van der Waals surface area contributed by atoms with Crippen LogP contribution < -0.4 is 0 Å². The lowest BCUT2D eigenvalue weighted by Gasteiger charge is -2.39. The molecule has 5 nitrogen and oxygen atoms in total. The zero-order valence-electron chi connectivity index (χ0n) is 12.4. The number of aliphatic imine (C=N–C) groups is 1. The highest BCUT2D eigenvalue weighted by Gasteiger charge is 2.24. The molecule has 1 saturated carbocycles. The molecular weight excluding hydrogens is 254 g/mol. The first-order chi connectivity index (χ1) is 9.93. The van der Waals surface area contributed by atoms with Gasteiger partial charge in [-0.3, -0.25) is 0 Å². The van der Waals surface area contributed by atoms with Gasteiger partial charge in [0.2, 0.25) is 0 Å². The summed E-state index contributed by atoms with van der Waals surface area (Å²) in [5, 5.41) is 0. The second-order valence-corrected chi connectivity index (χ2v) is 5.92. The van der Waals surface area contributed by atoms with E-state index in [-0.39, 0.29) is 0 Å². The van der Waals surface area contributed by atoms with E-state index in [1.807, 2.05) is 0 Å². The summed E-state index contributed by atoms with van der Waals surface area (Å²) in [6.07, 6.45) is 6.59. The van der Waals surface area contributed by atoms with Gasteiger partial charge in [0.05, 0.1) is 32.5 Å². The van der Waals surface area contributed by atoms with Crippen LogP contribution in [-0.4, -0.2) is 74.4 Å². The van der Waals surface area contributed by atoms with Gasteiger partial charge >= 0.3 is 0 Å². The molecule has 0 unspecified atom stereocenters. The van der Waals surface area contributed by atoms with Crippen LogP contribution in [-0.2, 0) is 9.47 Å². The van der Waals surface area contributed by atoms with Gasteiger partial charge in [-0.1, -0.05) is 19.3 Å². The smallest absolute Gasteiger partial charge is 0.197 e. The largest absolute Gasteiger partial charge is 0.378 e. The second kappa shape index (κ2) is 7.27. The van der Waals surface area contributed by atoms with E-state index in [2.05, 4.69) is 9.80 Å². The molecule has 0 bridgehead atoms. The molecule has 0 aromatic rings. The maximum absolute atomic E-state index is 5.49. The molecule has 1 aliphatic carbocycles. The summed E-state index contributed by atoms with van der Waals surface area (Å²) in [4.78, 5) is 9.98. The molecule has 2 aliphatic heterocycles. The highest BCUT2D eigenvalue weighted by atomic mass is 16.5. The Balaban J connectivity index is 1.71. The molecule has 5 heteroatoms. The first-order valence-electron chi connectivity index (χ1n) is 8.17. The first kappa shape index (κ1) is 14.1. The number of rotatable bonds is 1. The van der Waals surface area contributed by atoms with Crippen molar-refractivity contribution in [2.45, 2.75) is 38.1 Å². The van der Waals surface area contributed by atoms with Crippen molar-refractivity contribution in [3.05, 3.63) is 0 Å². The van der Waals surface area contributed by atoms with Crippen LogP contribution in [0.15, 0.2) is 4.99 Å². The van der Waals surface area contributed by atoms with E-state index in [0.717, 1.165) is 52.6 Å². The van der Waals surface area contributed by atoms with Gasteiger partial charge < -0.3 is 19.3 Å². The average molecular weight is 281 g/mol. The Bertz CT molecular complexity index is 297. The molecular formula is C15H27N3O2. The summed E-state index contributed by atoms with van der Waals surface area (Å²) >= 11 is 0. The van der Waals surface area contributed by atoms with E-state index in [0.29, 0.717) is 6.04 Å². The zero-order valence-corrected chi connectivity index (χ0v) is 12.4. The fourth-order valence-corrected chi connectivity index (χ4v) is 3.26. The van der Waals surface area contributed by atoms with Crippen molar-refractivity contribution in [1.82, 2.24) is 9.80 Å². The Labute approximate surface area is 121 Å². The number of nitrogens with zero attached hydrogens (tertiary/aromatic N) is 3. The maximum atomic E-state index is 5.49. The minimum absolute atomic E-state index is 0.532. The van der Waals surface area contributed by atoms with Crippen molar-refractivity contribution in [3.63, 3.8) is 0 Å². The molecule has 0 aromatic heterocycles. The summed E-state index contributed by atoms with van der Waals surface area (Å²) in [6, 6.07) is 0.532. The van der Waals surface area contributed by atoms with Crippen molar-refractivity contribution in [3.8, 4) is 0 Å². The molecule has 0 atom stereocenters. The second-order valence-electron chi connectivity index (χ2n) is 5.92. The number of guanidine groups is 1. The van der Waals surface area contributed by atoms with Crippen LogP contribution in [0.3, 0.4) is 0 Å². The molecule has 0 N–H and O–H groups in total. The van der Waals surface area contributed by atoms with E-state index in [9.17, 15) is 0 Å². The van der Waals surface area contributed by atoms with Crippen LogP contribution in [0.5, 0.6) is 0 Å². The molecule has 0 amide bonds. The normalized spacial score (nSPS) is 25.6. The predicted octanol–water partition coefficient (Wildman–Crippen LogP) is 1.34. The van der Waals surface area contributed by atoms with Crippen LogP contribution in [0.4, 0.5) is 0 Å². The number of morpholine rings is 2. The third-order valence-corrected chi connectivity index (χ3v) is 4.46. The Kier molecular flexibility index (Phi) is 5.14. The minimum Gasteiger partial charge on any atom is -0.378 e. The van der Waals surface area contributed by atoms with Crippen molar-refractivity contribution in [2.24, 2.45) is 4.99 Å². The van der Waals surface area contributed by atoms with E-state index < -0.39 is 0 Å². The zero-order chi connectivity index (χ0) is 13.6. The van der Waals surface area contributed by atoms with Gasteiger partial charge in [-0.2, -0.15) is 0 Å². The summed E-state index contributed by atoms with van der Waals surface area (Å²) in [5.74, 6) is 1.21. The van der Waals surface area contributed by atoms with Crippen LogP contribution >= 0.6 is 0 Å². The molecule has 0 radical (unpaired) electrons. The lowest BCUT2D eigenvalue weighted by molar-refractivity contribution is 0.0415. The third-order valence-electron chi connectivity index (χ3n) is 4.46. The molecule has 3 fully saturated rings. The third kappa shape index (κ3) is 3.64. The molecule has 0 aromatic carbocycles. The van der Waals surface area contributed by atoms with Crippen LogP contribution in [0.1, 0.15) is 32.1 Å². The van der Waals surface area contributed by atoms with Gasteiger partial charge in [0.15, 0.2) is 5.96 Å². The van der Waals surface area contributed by atoms with E-state index >= 15 is 0 Å². The predicted molar refractivity (Wildman–Crippen MR) is 79.1 cm³/mol. The first-order valence-corrected chi connectivity index (χ1v) is 8.17. The quantitative estimate of drug-likeness (QED) is 0.537. The SMILES string of the molecule is C1CCC(N=C(N2CCOCC2)N2CCOCC2)CC1. The standard InChI is InChI=1S/C15H27N3O2/c1-2-4-14(5-3-1)16-15(17-6-10-19-11-7-17)18-8-12-20-13-9-18/h14H,1-13H2. The van der Waals surface area contributed by atoms with Gasteiger partial charge in [0.25, 0.3) is 0 Å². The minimum atomic E-state index is 0.532. The Hall–Kier alpha value is -0.810. The summed E-state index contributed by atoms with van der Waals surface area (Å²) < 4.78 is 11.0. The van der Waals surface area contributed by atoms with Crippen LogP contribution in [0, 0.1) is 0 Å². The van der Waals surface area contributed by atoms with Crippen LogP contribution in [0.2, 0.25) is 0 Å². The van der Waals surface area contributed by atoms with E-state index in [1.54, 1.807) is 0 Å². The summed E-state index contributed by atoms with van der Waals surface area (Å²) in [5.41, 5.74) is 0. The van der Waals surface area contributed by atoms with Crippen LogP contribution in [0.25, 0.3) is 0 Å². The van der Waals surface area contributed by atoms with Gasteiger partial charge in [0.1, 0.15) is 0 Å². The monoisotopic (exact) mass is 281 g/mol. The molecule has 2 heterocycles. The fourth-order valence-electron chi connectivity index (χ4n) is 3.26. The number of hydrogen-bond donors (Lipinski definition) is 0. The van der Waals surface area contributed by atoms with Gasteiger partial charge in [0, 0.05) is 26.2 Å². The van der Waals surface area contributed by atoms with Crippen molar-refractivity contribution >= 4 is 5.96 Å². The fraction of sp³-hybridized carbons (Fsp3) is 0.933. The Morgan fingerprint density at radius 3 is 1.75 bits per heavy atom. The maximum Gasteiger partial charge on any atom is 0.197 e. The van der Waals surface area contributed by atoms with Crippen molar-refractivity contribution < 1.29 is 9.47 Å².